The summed E-state index contributed by atoms with van der Waals surface area (Å²) in [6.45, 7) is 3.70. The molecular formula is C16H18N2O3. The highest BCUT2D eigenvalue weighted by molar-refractivity contribution is 6.04. The Bertz CT molecular complexity index is 748. The maximum Gasteiger partial charge on any atom is 0.255 e. The van der Waals surface area contributed by atoms with Crippen LogP contribution in [0.25, 0.3) is 0 Å². The smallest absolute Gasteiger partial charge is 0.255 e. The van der Waals surface area contributed by atoms with Gasteiger partial charge in [-0.3, -0.25) is 9.59 Å². The van der Waals surface area contributed by atoms with Gasteiger partial charge in [0.2, 0.25) is 0 Å². The number of nitrogens with one attached hydrogen (secondary N) is 1. The summed E-state index contributed by atoms with van der Waals surface area (Å²) in [7, 11) is 3.22. The van der Waals surface area contributed by atoms with Gasteiger partial charge in [0.15, 0.2) is 0 Å². The first-order valence-electron chi connectivity index (χ1n) is 6.55. The van der Waals surface area contributed by atoms with E-state index in [4.69, 9.17) is 4.74 Å². The number of carbonyl (C=O) groups excluding carboxylic acids is 1. The van der Waals surface area contributed by atoms with Gasteiger partial charge in [-0.15, -0.1) is 0 Å². The predicted octanol–water partition coefficient (Wildman–Crippen LogP) is 2.26. The number of benzene rings is 1. The van der Waals surface area contributed by atoms with Crippen LogP contribution >= 0.6 is 0 Å². The SMILES string of the molecule is COc1cc(C(=O)Nc2cn(C)c(=O)cc2C)ccc1C. The molecule has 0 radical (unpaired) electrons. The van der Waals surface area contributed by atoms with Gasteiger partial charge in [-0.2, -0.15) is 0 Å². The van der Waals surface area contributed by atoms with Crippen molar-refractivity contribution in [2.75, 3.05) is 12.4 Å². The van der Waals surface area contributed by atoms with Crippen LogP contribution in [0.1, 0.15) is 21.5 Å². The highest BCUT2D eigenvalue weighted by Crippen LogP contribution is 2.20. The van der Waals surface area contributed by atoms with Gasteiger partial charge in [0.1, 0.15) is 5.75 Å². The second-order valence-corrected chi connectivity index (χ2v) is 4.96. The second-order valence-electron chi connectivity index (χ2n) is 4.96. The molecule has 5 heteroatoms. The maximum atomic E-state index is 12.3. The molecule has 1 N–H and O–H groups in total. The Morgan fingerprint density at radius 3 is 2.57 bits per heavy atom. The molecule has 2 rings (SSSR count). The van der Waals surface area contributed by atoms with E-state index >= 15 is 0 Å². The first-order valence-corrected chi connectivity index (χ1v) is 6.55. The van der Waals surface area contributed by atoms with Gasteiger partial charge >= 0.3 is 0 Å². The molecule has 0 spiro atoms. The van der Waals surface area contributed by atoms with E-state index < -0.39 is 0 Å². The standard InChI is InChI=1S/C16H18N2O3/c1-10-5-6-12(8-14(10)21-4)16(20)17-13-9-18(3)15(19)7-11(13)2/h5-9H,1-4H3,(H,17,20). The third-order valence-electron chi connectivity index (χ3n) is 3.35. The quantitative estimate of drug-likeness (QED) is 0.941. The number of hydrogen-bond donors (Lipinski definition) is 1. The molecule has 1 heterocycles. The van der Waals surface area contributed by atoms with Gasteiger partial charge in [-0.05, 0) is 37.1 Å². The summed E-state index contributed by atoms with van der Waals surface area (Å²) in [6.07, 6.45) is 1.61. The Kier molecular flexibility index (Phi) is 4.12. The van der Waals surface area contributed by atoms with Gasteiger partial charge in [0.05, 0.1) is 12.8 Å². The van der Waals surface area contributed by atoms with Crippen molar-refractivity contribution in [3.8, 4) is 5.75 Å². The minimum Gasteiger partial charge on any atom is -0.496 e. The van der Waals surface area contributed by atoms with Crippen LogP contribution in [-0.2, 0) is 7.05 Å². The lowest BCUT2D eigenvalue weighted by Crippen LogP contribution is -2.19. The average Bonchev–Trinajstić information content (AvgIpc) is 2.45. The fraction of sp³-hybridized carbons (Fsp3) is 0.250. The van der Waals surface area contributed by atoms with Crippen LogP contribution in [0.15, 0.2) is 35.3 Å². The second kappa shape index (κ2) is 5.83. The number of amides is 1. The summed E-state index contributed by atoms with van der Waals surface area (Å²) in [4.78, 5) is 23.8. The van der Waals surface area contributed by atoms with Crippen LogP contribution in [0, 0.1) is 13.8 Å². The summed E-state index contributed by atoms with van der Waals surface area (Å²) in [5, 5.41) is 2.81. The Morgan fingerprint density at radius 1 is 1.19 bits per heavy atom. The van der Waals surface area contributed by atoms with Crippen molar-refractivity contribution in [1.29, 1.82) is 0 Å². The lowest BCUT2D eigenvalue weighted by Gasteiger charge is -2.11. The average molecular weight is 286 g/mol. The van der Waals surface area contributed by atoms with Crippen LogP contribution in [0.3, 0.4) is 0 Å². The van der Waals surface area contributed by atoms with Crippen molar-refractivity contribution in [2.24, 2.45) is 7.05 Å². The summed E-state index contributed by atoms with van der Waals surface area (Å²) >= 11 is 0. The van der Waals surface area contributed by atoms with E-state index in [2.05, 4.69) is 5.32 Å². The molecule has 5 nitrogen and oxygen atoms in total. The van der Waals surface area contributed by atoms with E-state index in [0.29, 0.717) is 17.0 Å². The van der Waals surface area contributed by atoms with Gasteiger partial charge in [-0.25, -0.2) is 0 Å². The molecule has 0 unspecified atom stereocenters. The minimum absolute atomic E-state index is 0.109. The summed E-state index contributed by atoms with van der Waals surface area (Å²) in [5.74, 6) is 0.426. The molecule has 0 saturated carbocycles. The molecule has 2 aromatic rings. The van der Waals surface area contributed by atoms with Crippen LogP contribution in [0.4, 0.5) is 5.69 Å². The number of methoxy groups -OCH3 is 1. The number of carbonyl (C=O) groups is 1. The molecule has 110 valence electrons. The van der Waals surface area contributed by atoms with Crippen LogP contribution < -0.4 is 15.6 Å². The molecule has 0 aliphatic heterocycles. The minimum atomic E-state index is -0.241. The van der Waals surface area contributed by atoms with Gasteiger partial charge in [0.25, 0.3) is 11.5 Å². The van der Waals surface area contributed by atoms with Crippen LogP contribution in [0.2, 0.25) is 0 Å². The summed E-state index contributed by atoms with van der Waals surface area (Å²) < 4.78 is 6.65. The maximum absolute atomic E-state index is 12.3. The predicted molar refractivity (Wildman–Crippen MR) is 82.1 cm³/mol. The number of rotatable bonds is 3. The first-order chi connectivity index (χ1) is 9.92. The fourth-order valence-corrected chi connectivity index (χ4v) is 2.01. The third kappa shape index (κ3) is 3.13. The molecule has 0 fully saturated rings. The Balaban J connectivity index is 2.30. The zero-order valence-corrected chi connectivity index (χ0v) is 12.6. The number of ether oxygens (including phenoxy) is 1. The molecule has 1 aromatic heterocycles. The molecule has 21 heavy (non-hydrogen) atoms. The van der Waals surface area contributed by atoms with E-state index in [1.54, 1.807) is 39.4 Å². The molecule has 0 bridgehead atoms. The molecule has 1 amide bonds. The van der Waals surface area contributed by atoms with Crippen molar-refractivity contribution in [2.45, 2.75) is 13.8 Å². The molecule has 0 atom stereocenters. The van der Waals surface area contributed by atoms with E-state index in [1.807, 2.05) is 13.0 Å². The highest BCUT2D eigenvalue weighted by atomic mass is 16.5. The largest absolute Gasteiger partial charge is 0.496 e. The van der Waals surface area contributed by atoms with Gasteiger partial charge in [0, 0.05) is 24.9 Å². The van der Waals surface area contributed by atoms with Crippen LogP contribution in [-0.4, -0.2) is 17.6 Å². The number of pyridine rings is 1. The van der Waals surface area contributed by atoms with Gasteiger partial charge < -0.3 is 14.6 Å². The van der Waals surface area contributed by atoms with E-state index in [0.717, 1.165) is 11.1 Å². The molecule has 0 aliphatic carbocycles. The number of anilines is 1. The topological polar surface area (TPSA) is 60.3 Å². The van der Waals surface area contributed by atoms with Gasteiger partial charge in [-0.1, -0.05) is 6.07 Å². The highest BCUT2D eigenvalue weighted by Gasteiger charge is 2.11. The normalized spacial score (nSPS) is 10.3. The number of hydrogen-bond acceptors (Lipinski definition) is 3. The Hall–Kier alpha value is -2.56. The Morgan fingerprint density at radius 2 is 1.90 bits per heavy atom. The zero-order valence-electron chi connectivity index (χ0n) is 12.6. The van der Waals surface area contributed by atoms with E-state index in [-0.39, 0.29) is 11.5 Å². The summed E-state index contributed by atoms with van der Waals surface area (Å²) in [6, 6.07) is 6.76. The van der Waals surface area contributed by atoms with E-state index in [9.17, 15) is 9.59 Å². The van der Waals surface area contributed by atoms with E-state index in [1.165, 1.54) is 10.6 Å². The van der Waals surface area contributed by atoms with Crippen molar-refractivity contribution >= 4 is 11.6 Å². The van der Waals surface area contributed by atoms with Crippen molar-refractivity contribution in [3.05, 3.63) is 57.5 Å². The molecule has 0 aliphatic rings. The first kappa shape index (κ1) is 14.8. The third-order valence-corrected chi connectivity index (χ3v) is 3.35. The lowest BCUT2D eigenvalue weighted by atomic mass is 10.1. The lowest BCUT2D eigenvalue weighted by molar-refractivity contribution is 0.102. The summed E-state index contributed by atoms with van der Waals surface area (Å²) in [5.41, 5.74) is 2.70. The monoisotopic (exact) mass is 286 g/mol. The van der Waals surface area contributed by atoms with Crippen molar-refractivity contribution in [1.82, 2.24) is 4.57 Å². The van der Waals surface area contributed by atoms with Crippen molar-refractivity contribution in [3.63, 3.8) is 0 Å². The number of aromatic nitrogens is 1. The van der Waals surface area contributed by atoms with Crippen LogP contribution in [0.5, 0.6) is 5.75 Å². The molecule has 1 aromatic carbocycles. The Labute approximate surface area is 123 Å². The van der Waals surface area contributed by atoms with Crippen molar-refractivity contribution < 1.29 is 9.53 Å². The zero-order chi connectivity index (χ0) is 15.6. The molecule has 0 saturated heterocycles. The number of aryl methyl sites for hydroxylation is 3. The molecular weight excluding hydrogens is 268 g/mol. The fourth-order valence-electron chi connectivity index (χ4n) is 2.01. The number of nitrogens with zero attached hydrogens (tertiary/aromatic N) is 1.